The highest BCUT2D eigenvalue weighted by Crippen LogP contribution is 2.45. The van der Waals surface area contributed by atoms with Crippen LogP contribution < -0.4 is 19.9 Å². The van der Waals surface area contributed by atoms with Crippen molar-refractivity contribution in [2.75, 3.05) is 4.90 Å². The number of ketones is 1. The van der Waals surface area contributed by atoms with Crippen molar-refractivity contribution in [2.45, 2.75) is 27.7 Å². The number of benzene rings is 7. The van der Waals surface area contributed by atoms with Crippen LogP contribution in [0.2, 0.25) is 0 Å². The molecule has 8 heteroatoms. The van der Waals surface area contributed by atoms with E-state index in [0.29, 0.717) is 11.1 Å². The van der Waals surface area contributed by atoms with Gasteiger partial charge in [0.05, 0.1) is 21.9 Å². The number of anilines is 3. The lowest BCUT2D eigenvalue weighted by Crippen LogP contribution is -2.28. The van der Waals surface area contributed by atoms with Gasteiger partial charge in [0.2, 0.25) is 22.9 Å². The first-order valence-corrected chi connectivity index (χ1v) is 21.9. The Kier molecular flexibility index (Phi) is 11.9. The van der Waals surface area contributed by atoms with Gasteiger partial charge in [-0.05, 0) is 113 Å². The molecule has 0 bridgehead atoms. The number of rotatable bonds is 6. The van der Waals surface area contributed by atoms with Crippen molar-refractivity contribution in [1.82, 2.24) is 4.58 Å². The number of aliphatic hydroxyl groups excluding tert-OH is 1. The molecule has 2 aliphatic rings. The lowest BCUT2D eigenvalue weighted by atomic mass is 9.81. The number of Topliss-reactive ketones (excluding diaryl/α,β-unsaturated/α-hetero) is 1. The highest BCUT2D eigenvalue weighted by atomic mass is 16.3. The number of phenols is 4. The molecular weight excluding hydrogens is 845 g/mol. The molecule has 8 nitrogen and oxygen atoms in total. The Morgan fingerprint density at radius 3 is 1.34 bits per heavy atom. The third-order valence-corrected chi connectivity index (χ3v) is 11.7. The highest BCUT2D eigenvalue weighted by molar-refractivity contribution is 6.52. The van der Waals surface area contributed by atoms with E-state index in [1.807, 2.05) is 48.6 Å². The predicted octanol–water partition coefficient (Wildman–Crippen LogP) is 10.9. The van der Waals surface area contributed by atoms with E-state index in [1.165, 1.54) is 24.3 Å². The van der Waals surface area contributed by atoms with Gasteiger partial charge in [-0.3, -0.25) is 4.79 Å². The molecule has 0 atom stereocenters. The van der Waals surface area contributed by atoms with Gasteiger partial charge >= 0.3 is 0 Å². The van der Waals surface area contributed by atoms with Gasteiger partial charge in [0, 0.05) is 75.4 Å². The molecule has 9 rings (SSSR count). The number of aryl methyl sites for hydroxylation is 4. The van der Waals surface area contributed by atoms with Gasteiger partial charge in [0.25, 0.3) is 0 Å². The Bertz CT molecular complexity index is 3430. The van der Waals surface area contributed by atoms with Crippen molar-refractivity contribution in [3.63, 3.8) is 0 Å². The molecule has 330 valence electrons. The van der Waals surface area contributed by atoms with Crippen molar-refractivity contribution in [3.05, 3.63) is 236 Å². The summed E-state index contributed by atoms with van der Waals surface area (Å²) >= 11 is 0. The van der Waals surface area contributed by atoms with Gasteiger partial charge in [0.15, 0.2) is 0 Å². The maximum atomic E-state index is 13.6. The smallest absolute Gasteiger partial charge is 0.211 e. The number of carbonyl (C=O) groups is 1. The molecule has 0 saturated heterocycles. The van der Waals surface area contributed by atoms with E-state index in [4.69, 9.17) is 0 Å². The van der Waals surface area contributed by atoms with E-state index in [0.717, 1.165) is 56.4 Å². The average molecular weight is 890 g/mol. The predicted molar refractivity (Wildman–Crippen MR) is 271 cm³/mol. The second-order valence-electron chi connectivity index (χ2n) is 16.8. The van der Waals surface area contributed by atoms with E-state index in [9.17, 15) is 30.3 Å². The first-order valence-electron chi connectivity index (χ1n) is 21.9. The van der Waals surface area contributed by atoms with E-state index in [1.54, 1.807) is 0 Å². The van der Waals surface area contributed by atoms with Gasteiger partial charge in [-0.1, -0.05) is 94.1 Å². The number of aliphatic hydroxyl groups is 1. The average Bonchev–Trinajstić information content (AvgIpc) is 3.33. The molecule has 0 unspecified atom stereocenters. The third-order valence-electron chi connectivity index (χ3n) is 11.7. The number of allylic oxidation sites excluding steroid dienone is 7. The maximum absolute atomic E-state index is 13.6. The number of phenolic OH excluding ortho intramolecular Hbond substituents is 4. The van der Waals surface area contributed by atoms with Crippen molar-refractivity contribution in [1.29, 1.82) is 0 Å². The molecule has 0 aliphatic heterocycles. The number of hydrogen-bond donors (Lipinski definition) is 5. The normalized spacial score (nSPS) is 12.8. The summed E-state index contributed by atoms with van der Waals surface area (Å²) in [7, 11) is 0. The molecule has 7 aromatic rings. The topological polar surface area (TPSA) is 124 Å². The zero-order valence-corrected chi connectivity index (χ0v) is 37.7. The molecule has 0 fully saturated rings. The van der Waals surface area contributed by atoms with Crippen LogP contribution in [0.3, 0.4) is 0 Å². The number of carbonyl (C=O) groups excluding carboxylic acids is 1. The number of aromatic hydroxyl groups is 4. The molecule has 2 aliphatic carbocycles. The Labute approximate surface area is 394 Å². The van der Waals surface area contributed by atoms with Gasteiger partial charge in [-0.25, -0.2) is 0 Å². The zero-order valence-electron chi connectivity index (χ0n) is 37.7. The monoisotopic (exact) mass is 889 g/mol. The Balaban J connectivity index is 0.972. The van der Waals surface area contributed by atoms with Crippen LogP contribution in [0.25, 0.3) is 16.9 Å². The summed E-state index contributed by atoms with van der Waals surface area (Å²) in [5.74, 6) is 2.65. The first-order chi connectivity index (χ1) is 32.8. The second-order valence-corrected chi connectivity index (χ2v) is 16.8. The quantitative estimate of drug-likeness (QED) is 0.0640. The lowest BCUT2D eigenvalue weighted by molar-refractivity contribution is -0.110. The van der Waals surface area contributed by atoms with Gasteiger partial charge in [0.1, 0.15) is 28.8 Å². The van der Waals surface area contributed by atoms with E-state index < -0.39 is 34.5 Å². The Morgan fingerprint density at radius 2 is 0.882 bits per heavy atom. The summed E-state index contributed by atoms with van der Waals surface area (Å²) in [5.41, 5.74) is 17.1. The van der Waals surface area contributed by atoms with Gasteiger partial charge in [-0.15, -0.1) is 0 Å². The fraction of sp³-hybridized carbons (Fsp3) is 0.0667. The molecule has 0 aromatic heterocycles. The van der Waals surface area contributed by atoms with Gasteiger partial charge in [-0.2, -0.15) is 4.58 Å². The standard InChI is InChI=1S/C60H44N2O6/c1-37-5-21-45(22-6-37)61(46-23-7-38(2)8-24-46)49-29-17-41(18-30-49)13-15-43-33-51(63)55(52(64)34-43)57-59(67)58(60(57)68)56-53(65)35-44(36-54(56)66)16-14-42-19-31-50(32-20-42)62(47-25-9-39(3)10-26-47)48-27-11-40(4)12-28-48/h5-12,17-36H,1-4H3,(H4,63,64,65,66,67,68)/p+1. The molecule has 7 aromatic carbocycles. The summed E-state index contributed by atoms with van der Waals surface area (Å²) in [5, 5.41) is 55.3. The highest BCUT2D eigenvalue weighted by Gasteiger charge is 2.39. The van der Waals surface area contributed by atoms with Crippen LogP contribution in [0.1, 0.15) is 38.9 Å². The number of nitrogens with zero attached hydrogens (tertiary/aromatic N) is 2. The molecule has 0 spiro atoms. The van der Waals surface area contributed by atoms with Crippen molar-refractivity contribution >= 4 is 56.8 Å². The summed E-state index contributed by atoms with van der Waals surface area (Å²) in [6.07, 6.45) is 7.71. The fourth-order valence-corrected chi connectivity index (χ4v) is 8.09. The summed E-state index contributed by atoms with van der Waals surface area (Å²) in [6, 6.07) is 46.1. The molecule has 0 heterocycles. The molecule has 0 radical (unpaired) electrons. The lowest BCUT2D eigenvalue weighted by Gasteiger charge is -2.25. The maximum Gasteiger partial charge on any atom is 0.211 e. The van der Waals surface area contributed by atoms with Crippen LogP contribution in [0.4, 0.5) is 28.4 Å². The van der Waals surface area contributed by atoms with E-state index in [2.05, 4.69) is 158 Å². The van der Waals surface area contributed by atoms with E-state index >= 15 is 0 Å². The molecule has 5 N–H and O–H groups in total. The van der Waals surface area contributed by atoms with Crippen molar-refractivity contribution in [3.8, 4) is 34.8 Å². The number of hydrogen-bond acceptors (Lipinski definition) is 7. The summed E-state index contributed by atoms with van der Waals surface area (Å²) < 4.78 is 2.15. The van der Waals surface area contributed by atoms with Crippen LogP contribution in [-0.4, -0.2) is 37.0 Å². The van der Waals surface area contributed by atoms with Crippen LogP contribution in [0.5, 0.6) is 23.0 Å². The minimum absolute atomic E-state index is 0.263. The van der Waals surface area contributed by atoms with Crippen LogP contribution >= 0.6 is 0 Å². The zero-order chi connectivity index (χ0) is 47.6. The Morgan fingerprint density at radius 1 is 0.456 bits per heavy atom. The summed E-state index contributed by atoms with van der Waals surface area (Å²) in [6.45, 7) is 8.20. The van der Waals surface area contributed by atoms with Crippen LogP contribution in [0.15, 0.2) is 187 Å². The van der Waals surface area contributed by atoms with E-state index in [-0.39, 0.29) is 32.7 Å². The van der Waals surface area contributed by atoms with Gasteiger partial charge < -0.3 is 30.4 Å². The van der Waals surface area contributed by atoms with Crippen LogP contribution in [-0.2, 0) is 4.79 Å². The minimum Gasteiger partial charge on any atom is -0.507 e. The summed E-state index contributed by atoms with van der Waals surface area (Å²) in [4.78, 5) is 15.7. The minimum atomic E-state index is -0.799. The Hall–Kier alpha value is -9.24. The third kappa shape index (κ3) is 8.91. The SMILES string of the molecule is Cc1ccc(N(c2ccc(C)cc2)c2ccc(C#Cc3cc(O)c(C4=C(O)C(=c5c(O)cc(=C=C=C6C=CC(=[N+](c7ccc(C)cc7)c7ccc(C)cc7)C=C6)cc5O)C4=O)c(O)c3)cc2)cc1. The van der Waals surface area contributed by atoms with Crippen molar-refractivity contribution < 1.29 is 30.3 Å². The second kappa shape index (κ2) is 18.3. The molecular formula is C60H45N2O6+. The molecule has 0 amide bonds. The fourth-order valence-electron chi connectivity index (χ4n) is 8.09. The molecule has 68 heavy (non-hydrogen) atoms. The van der Waals surface area contributed by atoms with Crippen LogP contribution in [0, 0.1) is 39.5 Å². The molecule has 0 saturated carbocycles. The first kappa shape index (κ1) is 44.0. The van der Waals surface area contributed by atoms with Crippen molar-refractivity contribution in [2.24, 2.45) is 0 Å². The largest absolute Gasteiger partial charge is 0.507 e.